The first-order chi connectivity index (χ1) is 13.6. The number of nitrogens with one attached hydrogen (secondary N) is 1. The second-order valence-electron chi connectivity index (χ2n) is 6.74. The standard InChI is InChI=1S/C21H21FN4O2/c22-16-5-7-17(8-6-16)26-21(23)18(12-25-26)19(27)11-14-1-3-15(4-2-14)20-13-24-9-10-28-20/h1-8,12,20,24H,9-11,13,23H2/t20-/m1/s1. The summed E-state index contributed by atoms with van der Waals surface area (Å²) in [6.45, 7) is 2.36. The van der Waals surface area contributed by atoms with E-state index in [4.69, 9.17) is 10.5 Å². The molecule has 1 saturated heterocycles. The third-order valence-electron chi connectivity index (χ3n) is 4.82. The molecule has 0 unspecified atom stereocenters. The van der Waals surface area contributed by atoms with Gasteiger partial charge in [0.15, 0.2) is 5.78 Å². The van der Waals surface area contributed by atoms with E-state index in [0.717, 1.165) is 24.2 Å². The van der Waals surface area contributed by atoms with Crippen LogP contribution in [0.2, 0.25) is 0 Å². The van der Waals surface area contributed by atoms with Gasteiger partial charge in [-0.05, 0) is 35.4 Å². The minimum absolute atomic E-state index is 0.0445. The van der Waals surface area contributed by atoms with Crippen LogP contribution < -0.4 is 11.1 Å². The number of hydrogen-bond acceptors (Lipinski definition) is 5. The number of hydrogen-bond donors (Lipinski definition) is 2. The first-order valence-corrected chi connectivity index (χ1v) is 9.15. The van der Waals surface area contributed by atoms with Crippen LogP contribution in [-0.4, -0.2) is 35.3 Å². The van der Waals surface area contributed by atoms with Gasteiger partial charge >= 0.3 is 0 Å². The molecule has 144 valence electrons. The van der Waals surface area contributed by atoms with E-state index in [2.05, 4.69) is 10.4 Å². The summed E-state index contributed by atoms with van der Waals surface area (Å²) in [6.07, 6.45) is 1.73. The molecule has 0 spiro atoms. The van der Waals surface area contributed by atoms with Crippen LogP contribution in [0.3, 0.4) is 0 Å². The summed E-state index contributed by atoms with van der Waals surface area (Å²) in [4.78, 5) is 12.7. The number of halogens is 1. The van der Waals surface area contributed by atoms with Crippen molar-refractivity contribution in [2.45, 2.75) is 12.5 Å². The molecular formula is C21H21FN4O2. The Bertz CT molecular complexity index is 961. The average Bonchev–Trinajstić information content (AvgIpc) is 3.11. The zero-order chi connectivity index (χ0) is 19.5. The van der Waals surface area contributed by atoms with E-state index in [-0.39, 0.29) is 29.9 Å². The zero-order valence-electron chi connectivity index (χ0n) is 15.3. The fourth-order valence-corrected chi connectivity index (χ4v) is 3.27. The molecule has 0 radical (unpaired) electrons. The number of rotatable bonds is 5. The number of nitrogens with zero attached hydrogens (tertiary/aromatic N) is 2. The van der Waals surface area contributed by atoms with Gasteiger partial charge in [-0.15, -0.1) is 0 Å². The molecule has 1 aliphatic heterocycles. The Morgan fingerprint density at radius 2 is 1.96 bits per heavy atom. The van der Waals surface area contributed by atoms with Gasteiger partial charge in [-0.1, -0.05) is 24.3 Å². The Hall–Kier alpha value is -3.03. The van der Waals surface area contributed by atoms with Crippen LogP contribution >= 0.6 is 0 Å². The van der Waals surface area contributed by atoms with Crippen molar-refractivity contribution in [2.75, 3.05) is 25.4 Å². The molecule has 1 fully saturated rings. The van der Waals surface area contributed by atoms with E-state index in [0.29, 0.717) is 17.9 Å². The van der Waals surface area contributed by atoms with Crippen molar-refractivity contribution < 1.29 is 13.9 Å². The fourth-order valence-electron chi connectivity index (χ4n) is 3.27. The van der Waals surface area contributed by atoms with E-state index in [1.807, 2.05) is 24.3 Å². The SMILES string of the molecule is Nc1c(C(=O)Cc2ccc([C@H]3CNCCO3)cc2)cnn1-c1ccc(F)cc1. The molecule has 0 aliphatic carbocycles. The first-order valence-electron chi connectivity index (χ1n) is 9.15. The molecule has 1 aromatic heterocycles. The topological polar surface area (TPSA) is 82.2 Å². The first kappa shape index (κ1) is 18.3. The predicted molar refractivity (Wildman–Crippen MR) is 104 cm³/mol. The zero-order valence-corrected chi connectivity index (χ0v) is 15.3. The number of Topliss-reactive ketones (excluding diaryl/α,β-unsaturated/α-hetero) is 1. The normalized spacial score (nSPS) is 16.8. The molecule has 2 heterocycles. The second-order valence-corrected chi connectivity index (χ2v) is 6.74. The van der Waals surface area contributed by atoms with Gasteiger partial charge in [0.25, 0.3) is 0 Å². The van der Waals surface area contributed by atoms with Gasteiger partial charge in [0.05, 0.1) is 30.2 Å². The lowest BCUT2D eigenvalue weighted by Crippen LogP contribution is -2.33. The number of carbonyl (C=O) groups excluding carboxylic acids is 1. The molecule has 28 heavy (non-hydrogen) atoms. The quantitative estimate of drug-likeness (QED) is 0.665. The molecule has 4 rings (SSSR count). The maximum absolute atomic E-state index is 13.1. The van der Waals surface area contributed by atoms with Crippen molar-refractivity contribution in [1.29, 1.82) is 0 Å². The maximum Gasteiger partial charge on any atom is 0.172 e. The Balaban J connectivity index is 1.47. The highest BCUT2D eigenvalue weighted by atomic mass is 19.1. The number of anilines is 1. The minimum Gasteiger partial charge on any atom is -0.383 e. The lowest BCUT2D eigenvalue weighted by Gasteiger charge is -2.24. The van der Waals surface area contributed by atoms with Crippen LogP contribution in [-0.2, 0) is 11.2 Å². The highest BCUT2D eigenvalue weighted by Crippen LogP contribution is 2.22. The van der Waals surface area contributed by atoms with Crippen LogP contribution in [0.15, 0.2) is 54.7 Å². The van der Waals surface area contributed by atoms with Gasteiger partial charge in [0.2, 0.25) is 0 Å². The molecule has 0 saturated carbocycles. The monoisotopic (exact) mass is 380 g/mol. The van der Waals surface area contributed by atoms with Crippen LogP contribution in [0.25, 0.3) is 5.69 Å². The third-order valence-corrected chi connectivity index (χ3v) is 4.82. The number of nitrogen functional groups attached to an aromatic ring is 1. The fraction of sp³-hybridized carbons (Fsp3) is 0.238. The molecule has 3 aromatic rings. The van der Waals surface area contributed by atoms with Gasteiger partial charge in [0.1, 0.15) is 11.6 Å². The third kappa shape index (κ3) is 3.81. The van der Waals surface area contributed by atoms with Crippen molar-refractivity contribution in [3.05, 3.63) is 77.2 Å². The summed E-state index contributed by atoms with van der Waals surface area (Å²) in [5.74, 6) is -0.215. The second kappa shape index (κ2) is 7.92. The smallest absolute Gasteiger partial charge is 0.172 e. The van der Waals surface area contributed by atoms with E-state index >= 15 is 0 Å². The molecule has 3 N–H and O–H groups in total. The summed E-state index contributed by atoms with van der Waals surface area (Å²) in [6, 6.07) is 13.6. The highest BCUT2D eigenvalue weighted by molar-refractivity contribution is 6.01. The highest BCUT2D eigenvalue weighted by Gasteiger charge is 2.18. The lowest BCUT2D eigenvalue weighted by molar-refractivity contribution is 0.0277. The van der Waals surface area contributed by atoms with E-state index in [1.54, 1.807) is 12.1 Å². The van der Waals surface area contributed by atoms with Crippen molar-refractivity contribution in [2.24, 2.45) is 0 Å². The molecule has 1 aliphatic rings. The van der Waals surface area contributed by atoms with Gasteiger partial charge in [-0.25, -0.2) is 9.07 Å². The van der Waals surface area contributed by atoms with Gasteiger partial charge in [-0.3, -0.25) is 4.79 Å². The number of ketones is 1. The van der Waals surface area contributed by atoms with Crippen molar-refractivity contribution in [3.63, 3.8) is 0 Å². The molecule has 2 aromatic carbocycles. The molecule has 7 heteroatoms. The number of ether oxygens (including phenoxy) is 1. The van der Waals surface area contributed by atoms with E-state index < -0.39 is 0 Å². The minimum atomic E-state index is -0.344. The average molecular weight is 380 g/mol. The number of benzene rings is 2. The van der Waals surface area contributed by atoms with Crippen LogP contribution in [0.5, 0.6) is 0 Å². The Morgan fingerprint density at radius 3 is 2.64 bits per heavy atom. The van der Waals surface area contributed by atoms with Crippen molar-refractivity contribution in [3.8, 4) is 5.69 Å². The molecule has 0 amide bonds. The van der Waals surface area contributed by atoms with Gasteiger partial charge in [0, 0.05) is 19.5 Å². The summed E-state index contributed by atoms with van der Waals surface area (Å²) in [7, 11) is 0. The summed E-state index contributed by atoms with van der Waals surface area (Å²) >= 11 is 0. The van der Waals surface area contributed by atoms with Gasteiger partial charge in [-0.2, -0.15) is 5.10 Å². The molecule has 1 atom stereocenters. The number of aromatic nitrogens is 2. The summed E-state index contributed by atoms with van der Waals surface area (Å²) in [5.41, 5.74) is 9.05. The maximum atomic E-state index is 13.1. The predicted octanol–water partition coefficient (Wildman–Crippen LogP) is 2.68. The van der Waals surface area contributed by atoms with Crippen molar-refractivity contribution >= 4 is 11.6 Å². The summed E-state index contributed by atoms with van der Waals surface area (Å²) < 4.78 is 20.3. The van der Waals surface area contributed by atoms with Crippen LogP contribution in [0.4, 0.5) is 10.2 Å². The Labute approximate surface area is 162 Å². The Kier molecular flexibility index (Phi) is 5.18. The molecule has 0 bridgehead atoms. The molecular weight excluding hydrogens is 359 g/mol. The number of carbonyl (C=O) groups is 1. The lowest BCUT2D eigenvalue weighted by atomic mass is 10.0. The van der Waals surface area contributed by atoms with Gasteiger partial charge < -0.3 is 15.8 Å². The van der Waals surface area contributed by atoms with Crippen LogP contribution in [0.1, 0.15) is 27.6 Å². The number of nitrogens with two attached hydrogens (primary N) is 1. The van der Waals surface area contributed by atoms with E-state index in [1.165, 1.54) is 23.0 Å². The van der Waals surface area contributed by atoms with Crippen molar-refractivity contribution in [1.82, 2.24) is 15.1 Å². The summed E-state index contributed by atoms with van der Waals surface area (Å²) in [5, 5.41) is 7.48. The molecule has 6 nitrogen and oxygen atoms in total. The largest absolute Gasteiger partial charge is 0.383 e. The number of morpholine rings is 1. The Morgan fingerprint density at radius 1 is 1.21 bits per heavy atom. The van der Waals surface area contributed by atoms with Crippen LogP contribution in [0, 0.1) is 5.82 Å². The van der Waals surface area contributed by atoms with E-state index in [9.17, 15) is 9.18 Å².